The highest BCUT2D eigenvalue weighted by molar-refractivity contribution is 7.91. The molecule has 32 heavy (non-hydrogen) atoms. The molecule has 11 heteroatoms. The number of imidazole rings is 1. The SMILES string of the molecule is O=C(NCc1ccc(S(=O)(=O)c2cccc(C(F)(F)F)c2)cc1)c1cnc2nccn2c1. The summed E-state index contributed by atoms with van der Waals surface area (Å²) in [5, 5.41) is 2.70. The summed E-state index contributed by atoms with van der Waals surface area (Å²) in [6, 6.07) is 9.13. The largest absolute Gasteiger partial charge is 0.416 e. The normalized spacial score (nSPS) is 12.1. The van der Waals surface area contributed by atoms with E-state index in [1.807, 2.05) is 0 Å². The summed E-state index contributed by atoms with van der Waals surface area (Å²) >= 11 is 0. The third kappa shape index (κ3) is 4.33. The minimum atomic E-state index is -4.65. The van der Waals surface area contributed by atoms with E-state index in [9.17, 15) is 26.4 Å². The molecule has 2 heterocycles. The number of sulfone groups is 1. The van der Waals surface area contributed by atoms with E-state index in [2.05, 4.69) is 15.3 Å². The maximum Gasteiger partial charge on any atom is 0.416 e. The summed E-state index contributed by atoms with van der Waals surface area (Å²) < 4.78 is 65.7. The summed E-state index contributed by atoms with van der Waals surface area (Å²) in [6.45, 7) is 0.116. The number of alkyl halides is 3. The fourth-order valence-corrected chi connectivity index (χ4v) is 4.29. The Labute approximate surface area is 180 Å². The second-order valence-corrected chi connectivity index (χ2v) is 8.78. The lowest BCUT2D eigenvalue weighted by atomic mass is 10.2. The fraction of sp³-hybridized carbons (Fsp3) is 0.0952. The van der Waals surface area contributed by atoms with Gasteiger partial charge in [-0.05, 0) is 35.9 Å². The Hall–Kier alpha value is -3.73. The van der Waals surface area contributed by atoms with Crippen molar-refractivity contribution < 1.29 is 26.4 Å². The number of fused-ring (bicyclic) bond motifs is 1. The van der Waals surface area contributed by atoms with Crippen LogP contribution in [0.4, 0.5) is 13.2 Å². The molecule has 0 saturated carbocycles. The molecule has 0 atom stereocenters. The second kappa shape index (κ2) is 8.08. The van der Waals surface area contributed by atoms with Crippen molar-refractivity contribution >= 4 is 21.5 Å². The first-order valence-electron chi connectivity index (χ1n) is 9.23. The van der Waals surface area contributed by atoms with Gasteiger partial charge in [0.1, 0.15) is 0 Å². The average molecular weight is 460 g/mol. The lowest BCUT2D eigenvalue weighted by Gasteiger charge is -2.10. The van der Waals surface area contributed by atoms with Crippen LogP contribution < -0.4 is 5.32 Å². The number of hydrogen-bond donors (Lipinski definition) is 1. The molecule has 4 aromatic rings. The smallest absolute Gasteiger partial charge is 0.348 e. The number of nitrogens with one attached hydrogen (secondary N) is 1. The first kappa shape index (κ1) is 21.5. The van der Waals surface area contributed by atoms with Gasteiger partial charge in [-0.3, -0.25) is 9.20 Å². The minimum absolute atomic E-state index is 0.116. The van der Waals surface area contributed by atoms with Crippen LogP contribution in [0.5, 0.6) is 0 Å². The Balaban J connectivity index is 1.47. The molecule has 1 N–H and O–H groups in total. The molecule has 0 aliphatic carbocycles. The van der Waals surface area contributed by atoms with E-state index >= 15 is 0 Å². The van der Waals surface area contributed by atoms with Gasteiger partial charge in [-0.25, -0.2) is 18.4 Å². The maximum atomic E-state index is 12.9. The van der Waals surface area contributed by atoms with Crippen LogP contribution in [0.3, 0.4) is 0 Å². The van der Waals surface area contributed by atoms with E-state index in [0.29, 0.717) is 23.0 Å². The predicted molar refractivity (Wildman–Crippen MR) is 107 cm³/mol. The third-order valence-corrected chi connectivity index (χ3v) is 6.43. The molecule has 1 amide bonds. The number of benzene rings is 2. The number of halogens is 3. The van der Waals surface area contributed by atoms with Crippen molar-refractivity contribution in [2.24, 2.45) is 0 Å². The Kier molecular flexibility index (Phi) is 5.43. The summed E-state index contributed by atoms with van der Waals surface area (Å²) in [5.74, 6) is 0.0767. The summed E-state index contributed by atoms with van der Waals surface area (Å²) in [4.78, 5) is 19.8. The molecule has 0 fully saturated rings. The Morgan fingerprint density at radius 3 is 2.50 bits per heavy atom. The average Bonchev–Trinajstić information content (AvgIpc) is 3.25. The second-order valence-electron chi connectivity index (χ2n) is 6.83. The number of rotatable bonds is 5. The number of aromatic nitrogens is 3. The zero-order valence-corrected chi connectivity index (χ0v) is 17.1. The number of carbonyl (C=O) groups is 1. The van der Waals surface area contributed by atoms with Gasteiger partial charge in [0.05, 0.1) is 20.9 Å². The van der Waals surface area contributed by atoms with E-state index < -0.39 is 26.5 Å². The molecule has 0 bridgehead atoms. The molecule has 0 saturated heterocycles. The van der Waals surface area contributed by atoms with Gasteiger partial charge in [-0.15, -0.1) is 0 Å². The van der Waals surface area contributed by atoms with Crippen molar-refractivity contribution in [3.8, 4) is 0 Å². The molecule has 0 aliphatic heterocycles. The van der Waals surface area contributed by atoms with Crippen LogP contribution in [0.2, 0.25) is 0 Å². The summed E-state index contributed by atoms with van der Waals surface area (Å²) in [5.41, 5.74) is -0.112. The number of nitrogens with zero attached hydrogens (tertiary/aromatic N) is 3. The number of carbonyl (C=O) groups excluding carboxylic acids is 1. The zero-order chi connectivity index (χ0) is 22.9. The van der Waals surface area contributed by atoms with Crippen LogP contribution >= 0.6 is 0 Å². The lowest BCUT2D eigenvalue weighted by Crippen LogP contribution is -2.23. The lowest BCUT2D eigenvalue weighted by molar-refractivity contribution is -0.137. The van der Waals surface area contributed by atoms with Crippen LogP contribution in [0.25, 0.3) is 5.78 Å². The monoisotopic (exact) mass is 460 g/mol. The fourth-order valence-electron chi connectivity index (χ4n) is 2.98. The molecule has 7 nitrogen and oxygen atoms in total. The molecule has 0 spiro atoms. The van der Waals surface area contributed by atoms with Gasteiger partial charge in [0.2, 0.25) is 15.6 Å². The van der Waals surface area contributed by atoms with Crippen LogP contribution in [-0.2, 0) is 22.6 Å². The molecule has 2 aromatic carbocycles. The predicted octanol–water partition coefficient (Wildman–Crippen LogP) is 3.51. The van der Waals surface area contributed by atoms with E-state index in [4.69, 9.17) is 0 Å². The number of amides is 1. The Morgan fingerprint density at radius 1 is 1.03 bits per heavy atom. The van der Waals surface area contributed by atoms with Gasteiger partial charge < -0.3 is 5.32 Å². The highest BCUT2D eigenvalue weighted by Gasteiger charge is 2.32. The van der Waals surface area contributed by atoms with Gasteiger partial charge in [-0.1, -0.05) is 18.2 Å². The highest BCUT2D eigenvalue weighted by atomic mass is 32.2. The molecule has 4 rings (SSSR count). The van der Waals surface area contributed by atoms with Crippen LogP contribution in [0.15, 0.2) is 83.1 Å². The third-order valence-electron chi connectivity index (χ3n) is 4.67. The quantitative estimate of drug-likeness (QED) is 0.492. The maximum absolute atomic E-state index is 12.9. The van der Waals surface area contributed by atoms with Crippen molar-refractivity contribution in [2.75, 3.05) is 0 Å². The highest BCUT2D eigenvalue weighted by Crippen LogP contribution is 2.32. The van der Waals surface area contributed by atoms with Crippen LogP contribution in [0.1, 0.15) is 21.5 Å². The van der Waals surface area contributed by atoms with Crippen molar-refractivity contribution in [3.63, 3.8) is 0 Å². The Morgan fingerprint density at radius 2 is 1.78 bits per heavy atom. The van der Waals surface area contributed by atoms with E-state index in [-0.39, 0.29) is 17.3 Å². The van der Waals surface area contributed by atoms with E-state index in [0.717, 1.165) is 18.2 Å². The molecule has 0 aliphatic rings. The molecule has 0 radical (unpaired) electrons. The van der Waals surface area contributed by atoms with Gasteiger partial charge in [0.15, 0.2) is 0 Å². The summed E-state index contributed by atoms with van der Waals surface area (Å²) in [7, 11) is -4.13. The molecular weight excluding hydrogens is 445 g/mol. The van der Waals surface area contributed by atoms with Gasteiger partial charge in [0.25, 0.3) is 5.91 Å². The van der Waals surface area contributed by atoms with Crippen molar-refractivity contribution in [3.05, 3.63) is 90.0 Å². The molecular formula is C21H15F3N4O3S. The van der Waals surface area contributed by atoms with Gasteiger partial charge >= 0.3 is 6.18 Å². The van der Waals surface area contributed by atoms with E-state index in [1.165, 1.54) is 30.5 Å². The van der Waals surface area contributed by atoms with Gasteiger partial charge in [-0.2, -0.15) is 13.2 Å². The Bertz CT molecular complexity index is 1400. The molecule has 2 aromatic heterocycles. The standard InChI is InChI=1S/C21H15F3N4O3S/c22-21(23,24)16-2-1-3-18(10-16)32(30,31)17-6-4-14(5-7-17)11-26-19(29)15-12-27-20-25-8-9-28(20)13-15/h1-10,12-13H,11H2,(H,26,29). The van der Waals surface area contributed by atoms with Crippen molar-refractivity contribution in [1.82, 2.24) is 19.7 Å². The van der Waals surface area contributed by atoms with Crippen LogP contribution in [0, 0.1) is 0 Å². The molecule has 0 unspecified atom stereocenters. The summed E-state index contributed by atoms with van der Waals surface area (Å²) in [6.07, 6.45) is 1.53. The first-order chi connectivity index (χ1) is 15.1. The molecule has 164 valence electrons. The number of hydrogen-bond acceptors (Lipinski definition) is 5. The van der Waals surface area contributed by atoms with Crippen LogP contribution in [-0.4, -0.2) is 28.7 Å². The minimum Gasteiger partial charge on any atom is -0.348 e. The van der Waals surface area contributed by atoms with Crippen molar-refractivity contribution in [1.29, 1.82) is 0 Å². The van der Waals surface area contributed by atoms with E-state index in [1.54, 1.807) is 23.0 Å². The van der Waals surface area contributed by atoms with Gasteiger partial charge in [0, 0.05) is 31.3 Å². The van der Waals surface area contributed by atoms with Crippen molar-refractivity contribution in [2.45, 2.75) is 22.5 Å². The topological polar surface area (TPSA) is 93.4 Å². The zero-order valence-electron chi connectivity index (χ0n) is 16.2. The first-order valence-corrected chi connectivity index (χ1v) is 10.7.